The van der Waals surface area contributed by atoms with Gasteiger partial charge in [-0.1, -0.05) is 0 Å². The van der Waals surface area contributed by atoms with Gasteiger partial charge >= 0.3 is 0 Å². The van der Waals surface area contributed by atoms with Crippen LogP contribution in [0.5, 0.6) is 0 Å². The van der Waals surface area contributed by atoms with Crippen LogP contribution in [0.3, 0.4) is 0 Å². The number of amides is 1. The Hall–Kier alpha value is -1.97. The molecule has 1 unspecified atom stereocenters. The molecule has 1 aromatic rings. The van der Waals surface area contributed by atoms with Gasteiger partial charge in [0.1, 0.15) is 12.3 Å². The van der Waals surface area contributed by atoms with E-state index in [2.05, 4.69) is 16.4 Å². The minimum absolute atomic E-state index is 0.0797. The van der Waals surface area contributed by atoms with Crippen molar-refractivity contribution in [2.45, 2.75) is 43.6 Å². The van der Waals surface area contributed by atoms with Crippen LogP contribution in [0.25, 0.3) is 0 Å². The summed E-state index contributed by atoms with van der Waals surface area (Å²) >= 11 is 0. The standard InChI is InChI=1S/C16H18N4O2/c17-10-11-2-1-7-19-14(11)12-3-4-13-20(12)15(21)16(22-13)5-8-18-9-6-16/h1-2,7,12-13,18H,3-6,8-9H2/t12-,13?/m0/s1. The van der Waals surface area contributed by atoms with E-state index in [0.29, 0.717) is 11.3 Å². The first kappa shape index (κ1) is 13.7. The van der Waals surface area contributed by atoms with Crippen molar-refractivity contribution in [3.63, 3.8) is 0 Å². The molecule has 22 heavy (non-hydrogen) atoms. The predicted molar refractivity (Wildman–Crippen MR) is 77.5 cm³/mol. The third-order valence-corrected chi connectivity index (χ3v) is 5.00. The fourth-order valence-electron chi connectivity index (χ4n) is 3.92. The molecule has 1 amide bonds. The average molecular weight is 298 g/mol. The zero-order chi connectivity index (χ0) is 15.2. The van der Waals surface area contributed by atoms with Crippen molar-refractivity contribution in [1.82, 2.24) is 15.2 Å². The molecular formula is C16H18N4O2. The van der Waals surface area contributed by atoms with Crippen molar-refractivity contribution >= 4 is 5.91 Å². The van der Waals surface area contributed by atoms with E-state index in [1.165, 1.54) is 0 Å². The van der Waals surface area contributed by atoms with Gasteiger partial charge in [0, 0.05) is 6.20 Å². The highest BCUT2D eigenvalue weighted by atomic mass is 16.6. The number of ether oxygens (including phenoxy) is 1. The first-order valence-electron chi connectivity index (χ1n) is 7.81. The van der Waals surface area contributed by atoms with Crippen molar-refractivity contribution in [3.05, 3.63) is 29.6 Å². The van der Waals surface area contributed by atoms with Gasteiger partial charge in [0.15, 0.2) is 5.60 Å². The van der Waals surface area contributed by atoms with Gasteiger partial charge in [-0.2, -0.15) is 5.26 Å². The summed E-state index contributed by atoms with van der Waals surface area (Å²) in [6, 6.07) is 5.57. The van der Waals surface area contributed by atoms with E-state index in [4.69, 9.17) is 4.74 Å². The number of aromatic nitrogens is 1. The number of nitriles is 1. The van der Waals surface area contributed by atoms with Gasteiger partial charge in [-0.15, -0.1) is 0 Å². The van der Waals surface area contributed by atoms with Gasteiger partial charge in [-0.25, -0.2) is 0 Å². The van der Waals surface area contributed by atoms with E-state index >= 15 is 0 Å². The molecule has 0 bridgehead atoms. The highest BCUT2D eigenvalue weighted by Crippen LogP contribution is 2.47. The Morgan fingerprint density at radius 3 is 3.00 bits per heavy atom. The molecule has 3 aliphatic heterocycles. The van der Waals surface area contributed by atoms with Crippen LogP contribution in [0.2, 0.25) is 0 Å². The van der Waals surface area contributed by atoms with E-state index in [9.17, 15) is 10.1 Å². The van der Waals surface area contributed by atoms with E-state index in [1.54, 1.807) is 18.3 Å². The molecule has 4 heterocycles. The fourth-order valence-corrected chi connectivity index (χ4v) is 3.92. The number of nitrogens with zero attached hydrogens (tertiary/aromatic N) is 3. The molecule has 1 N–H and O–H groups in total. The minimum atomic E-state index is -0.657. The van der Waals surface area contributed by atoms with Crippen LogP contribution < -0.4 is 5.32 Å². The summed E-state index contributed by atoms with van der Waals surface area (Å²) in [6.07, 6.45) is 4.58. The van der Waals surface area contributed by atoms with Crippen molar-refractivity contribution in [3.8, 4) is 6.07 Å². The molecule has 0 saturated carbocycles. The van der Waals surface area contributed by atoms with Gasteiger partial charge < -0.3 is 15.0 Å². The van der Waals surface area contributed by atoms with Crippen LogP contribution >= 0.6 is 0 Å². The van der Waals surface area contributed by atoms with Crippen LogP contribution in [0.1, 0.15) is 43.0 Å². The van der Waals surface area contributed by atoms with Crippen molar-refractivity contribution in [2.75, 3.05) is 13.1 Å². The molecule has 3 aliphatic rings. The maximum Gasteiger partial charge on any atom is 0.257 e. The lowest BCUT2D eigenvalue weighted by atomic mass is 9.90. The number of hydrogen-bond donors (Lipinski definition) is 1. The summed E-state index contributed by atoms with van der Waals surface area (Å²) < 4.78 is 6.18. The highest BCUT2D eigenvalue weighted by molar-refractivity contribution is 5.88. The number of carbonyl (C=O) groups is 1. The number of nitrogens with one attached hydrogen (secondary N) is 1. The predicted octanol–water partition coefficient (Wildman–Crippen LogP) is 1.10. The number of fused-ring (bicyclic) bond motifs is 1. The van der Waals surface area contributed by atoms with E-state index in [1.807, 2.05) is 4.90 Å². The zero-order valence-corrected chi connectivity index (χ0v) is 12.3. The van der Waals surface area contributed by atoms with Crippen LogP contribution in [-0.2, 0) is 9.53 Å². The molecule has 3 fully saturated rings. The second-order valence-electron chi connectivity index (χ2n) is 6.17. The molecule has 1 spiro atoms. The smallest absolute Gasteiger partial charge is 0.257 e. The molecule has 6 nitrogen and oxygen atoms in total. The van der Waals surface area contributed by atoms with Gasteiger partial charge in [0.2, 0.25) is 0 Å². The molecule has 0 radical (unpaired) electrons. The topological polar surface area (TPSA) is 78.2 Å². The molecule has 4 rings (SSSR count). The SMILES string of the molecule is N#Cc1cccnc1[C@@H]1CCC2OC3(CCNCC3)C(=O)N21. The molecule has 114 valence electrons. The largest absolute Gasteiger partial charge is 0.342 e. The van der Waals surface area contributed by atoms with Crippen LogP contribution in [-0.4, -0.2) is 40.7 Å². The Balaban J connectivity index is 1.68. The number of carbonyl (C=O) groups excluding carboxylic acids is 1. The normalized spacial score (nSPS) is 29.6. The first-order valence-corrected chi connectivity index (χ1v) is 7.81. The van der Waals surface area contributed by atoms with Gasteiger partial charge in [0.05, 0.1) is 17.3 Å². The Bertz CT molecular complexity index is 648. The highest BCUT2D eigenvalue weighted by Gasteiger charge is 2.57. The van der Waals surface area contributed by atoms with Crippen LogP contribution in [0, 0.1) is 11.3 Å². The monoisotopic (exact) mass is 298 g/mol. The lowest BCUT2D eigenvalue weighted by Crippen LogP contribution is -2.49. The van der Waals surface area contributed by atoms with E-state index < -0.39 is 5.60 Å². The second kappa shape index (κ2) is 5.04. The molecule has 3 saturated heterocycles. The minimum Gasteiger partial charge on any atom is -0.342 e. The number of piperidine rings is 1. The molecule has 2 atom stereocenters. The maximum absolute atomic E-state index is 13.0. The number of rotatable bonds is 1. The zero-order valence-electron chi connectivity index (χ0n) is 12.3. The quantitative estimate of drug-likeness (QED) is 0.840. The van der Waals surface area contributed by atoms with Gasteiger partial charge in [-0.3, -0.25) is 9.78 Å². The Labute approximate surface area is 129 Å². The molecule has 0 aliphatic carbocycles. The summed E-state index contributed by atoms with van der Waals surface area (Å²) in [5.74, 6) is 0.0797. The lowest BCUT2D eigenvalue weighted by molar-refractivity contribution is -0.140. The van der Waals surface area contributed by atoms with Crippen LogP contribution in [0.4, 0.5) is 0 Å². The van der Waals surface area contributed by atoms with Crippen molar-refractivity contribution in [2.24, 2.45) is 0 Å². The number of hydrogen-bond acceptors (Lipinski definition) is 5. The maximum atomic E-state index is 13.0. The van der Waals surface area contributed by atoms with Crippen molar-refractivity contribution in [1.29, 1.82) is 5.26 Å². The van der Waals surface area contributed by atoms with E-state index in [0.717, 1.165) is 38.8 Å². The van der Waals surface area contributed by atoms with E-state index in [-0.39, 0.29) is 18.2 Å². The number of pyridine rings is 1. The Morgan fingerprint density at radius 2 is 2.23 bits per heavy atom. The fraction of sp³-hybridized carbons (Fsp3) is 0.562. The molecule has 6 heteroatoms. The average Bonchev–Trinajstić information content (AvgIpc) is 3.07. The molecule has 0 aromatic carbocycles. The lowest BCUT2D eigenvalue weighted by Gasteiger charge is -2.32. The summed E-state index contributed by atoms with van der Waals surface area (Å²) in [5.41, 5.74) is 0.596. The third kappa shape index (κ3) is 1.86. The Morgan fingerprint density at radius 1 is 1.41 bits per heavy atom. The molecule has 1 aromatic heterocycles. The van der Waals surface area contributed by atoms with Crippen molar-refractivity contribution < 1.29 is 9.53 Å². The van der Waals surface area contributed by atoms with Crippen LogP contribution in [0.15, 0.2) is 18.3 Å². The summed E-state index contributed by atoms with van der Waals surface area (Å²) in [7, 11) is 0. The summed E-state index contributed by atoms with van der Waals surface area (Å²) in [6.45, 7) is 1.62. The second-order valence-corrected chi connectivity index (χ2v) is 6.17. The first-order chi connectivity index (χ1) is 10.7. The third-order valence-electron chi connectivity index (χ3n) is 5.00. The molecular weight excluding hydrogens is 280 g/mol. The summed E-state index contributed by atoms with van der Waals surface area (Å²) in [5, 5.41) is 12.6. The van der Waals surface area contributed by atoms with Gasteiger partial charge in [-0.05, 0) is 50.9 Å². The summed E-state index contributed by atoms with van der Waals surface area (Å²) in [4.78, 5) is 19.2. The Kier molecular flexibility index (Phi) is 3.13. The van der Waals surface area contributed by atoms with Gasteiger partial charge in [0.25, 0.3) is 5.91 Å².